The minimum absolute atomic E-state index is 0.137. The lowest BCUT2D eigenvalue weighted by atomic mass is 9.83. The van der Waals surface area contributed by atoms with Crippen molar-refractivity contribution in [1.82, 2.24) is 5.43 Å². The molecule has 0 aromatic carbocycles. The molecule has 5 heteroatoms. The molecule has 0 aromatic heterocycles. The van der Waals surface area contributed by atoms with Gasteiger partial charge in [-0.3, -0.25) is 15.0 Å². The maximum absolute atomic E-state index is 11.9. The molecule has 2 rings (SSSR count). The van der Waals surface area contributed by atoms with Crippen LogP contribution in [-0.4, -0.2) is 18.5 Å². The van der Waals surface area contributed by atoms with E-state index in [0.717, 1.165) is 25.7 Å². The molecule has 2 aliphatic rings. The van der Waals surface area contributed by atoms with E-state index in [1.165, 1.54) is 0 Å². The second kappa shape index (κ2) is 5.04. The van der Waals surface area contributed by atoms with E-state index in [0.29, 0.717) is 18.4 Å². The molecule has 96 valence electrons. The van der Waals surface area contributed by atoms with Crippen molar-refractivity contribution in [2.75, 3.05) is 6.61 Å². The largest absolute Gasteiger partial charge is 0.465 e. The maximum atomic E-state index is 11.9. The van der Waals surface area contributed by atoms with E-state index >= 15 is 0 Å². The Labute approximate surface area is 101 Å². The molecular weight excluding hydrogens is 220 g/mol. The minimum Gasteiger partial charge on any atom is -0.465 e. The molecular formula is C12H20N2O3. The number of ether oxygens (including phenoxy) is 1. The van der Waals surface area contributed by atoms with E-state index in [1.807, 2.05) is 0 Å². The maximum Gasteiger partial charge on any atom is 0.318 e. The number of nitrogens with one attached hydrogen (secondary N) is 1. The summed E-state index contributed by atoms with van der Waals surface area (Å²) in [5, 5.41) is 0. The topological polar surface area (TPSA) is 81.4 Å². The van der Waals surface area contributed by atoms with E-state index in [1.54, 1.807) is 6.92 Å². The zero-order valence-corrected chi connectivity index (χ0v) is 10.1. The molecule has 5 nitrogen and oxygen atoms in total. The predicted molar refractivity (Wildman–Crippen MR) is 61.4 cm³/mol. The molecule has 0 aromatic rings. The van der Waals surface area contributed by atoms with Gasteiger partial charge in [0, 0.05) is 0 Å². The third-order valence-corrected chi connectivity index (χ3v) is 3.68. The Morgan fingerprint density at radius 3 is 2.18 bits per heavy atom. The fraction of sp³-hybridized carbons (Fsp3) is 0.833. The number of nitrogens with two attached hydrogens (primary N) is 1. The number of rotatable bonds is 6. The SMILES string of the molecule is CCOC(=O)C(C(=O)NN)C(C1CC1)C1CC1. The summed E-state index contributed by atoms with van der Waals surface area (Å²) in [5.41, 5.74) is 2.11. The summed E-state index contributed by atoms with van der Waals surface area (Å²) < 4.78 is 5.01. The number of esters is 1. The summed E-state index contributed by atoms with van der Waals surface area (Å²) in [7, 11) is 0. The summed E-state index contributed by atoms with van der Waals surface area (Å²) in [4.78, 5) is 23.7. The molecule has 0 aliphatic heterocycles. The van der Waals surface area contributed by atoms with Crippen molar-refractivity contribution in [3.05, 3.63) is 0 Å². The van der Waals surface area contributed by atoms with Gasteiger partial charge in [0.05, 0.1) is 6.61 Å². The zero-order chi connectivity index (χ0) is 12.4. The number of amides is 1. The molecule has 0 spiro atoms. The summed E-state index contributed by atoms with van der Waals surface area (Å²) in [6, 6.07) is 0. The normalized spacial score (nSPS) is 21.1. The van der Waals surface area contributed by atoms with Crippen LogP contribution in [0.1, 0.15) is 32.6 Å². The molecule has 2 fully saturated rings. The van der Waals surface area contributed by atoms with Crippen LogP contribution in [0.5, 0.6) is 0 Å². The van der Waals surface area contributed by atoms with Crippen molar-refractivity contribution in [1.29, 1.82) is 0 Å². The monoisotopic (exact) mass is 240 g/mol. The second-order valence-corrected chi connectivity index (χ2v) is 4.99. The van der Waals surface area contributed by atoms with Crippen molar-refractivity contribution in [2.45, 2.75) is 32.6 Å². The van der Waals surface area contributed by atoms with E-state index in [4.69, 9.17) is 10.6 Å². The van der Waals surface area contributed by atoms with Crippen molar-refractivity contribution < 1.29 is 14.3 Å². The predicted octanol–water partition coefficient (Wildman–Crippen LogP) is 0.592. The molecule has 2 aliphatic carbocycles. The van der Waals surface area contributed by atoms with Gasteiger partial charge in [0.1, 0.15) is 5.92 Å². The summed E-state index contributed by atoms with van der Waals surface area (Å²) in [6.07, 6.45) is 4.48. The number of hydrogen-bond acceptors (Lipinski definition) is 4. The van der Waals surface area contributed by atoms with Crippen LogP contribution in [0.2, 0.25) is 0 Å². The number of hydrazine groups is 1. The molecule has 2 saturated carbocycles. The Kier molecular flexibility index (Phi) is 3.66. The van der Waals surface area contributed by atoms with E-state index in [2.05, 4.69) is 5.43 Å². The van der Waals surface area contributed by atoms with Crippen LogP contribution in [0.3, 0.4) is 0 Å². The fourth-order valence-corrected chi connectivity index (χ4v) is 2.65. The lowest BCUT2D eigenvalue weighted by Crippen LogP contribution is -2.45. The van der Waals surface area contributed by atoms with Crippen LogP contribution in [0.15, 0.2) is 0 Å². The molecule has 1 amide bonds. The van der Waals surface area contributed by atoms with Crippen LogP contribution in [-0.2, 0) is 14.3 Å². The molecule has 1 unspecified atom stereocenters. The fourth-order valence-electron chi connectivity index (χ4n) is 2.65. The summed E-state index contributed by atoms with van der Waals surface area (Å²) in [5.74, 6) is 4.81. The summed E-state index contributed by atoms with van der Waals surface area (Å²) >= 11 is 0. The van der Waals surface area contributed by atoms with Gasteiger partial charge in [0.2, 0.25) is 5.91 Å². The van der Waals surface area contributed by atoms with Crippen LogP contribution in [0, 0.1) is 23.7 Å². The Balaban J connectivity index is 2.11. The highest BCUT2D eigenvalue weighted by Crippen LogP contribution is 2.52. The molecule has 17 heavy (non-hydrogen) atoms. The second-order valence-electron chi connectivity index (χ2n) is 4.99. The van der Waals surface area contributed by atoms with Crippen molar-refractivity contribution in [3.8, 4) is 0 Å². The van der Waals surface area contributed by atoms with Gasteiger partial charge in [-0.05, 0) is 50.4 Å². The van der Waals surface area contributed by atoms with Gasteiger partial charge in [0.25, 0.3) is 0 Å². The van der Waals surface area contributed by atoms with Crippen LogP contribution in [0.25, 0.3) is 0 Å². The Morgan fingerprint density at radius 1 is 1.29 bits per heavy atom. The average Bonchev–Trinajstić information content (AvgIpc) is 3.17. The molecule has 0 bridgehead atoms. The standard InChI is InChI=1S/C12H20N2O3/c1-2-17-12(16)10(11(15)14-13)9(7-3-4-7)8-5-6-8/h7-10H,2-6,13H2,1H3,(H,14,15). The Hall–Kier alpha value is -1.10. The first kappa shape index (κ1) is 12.4. The van der Waals surface area contributed by atoms with Crippen molar-refractivity contribution in [3.63, 3.8) is 0 Å². The first-order valence-electron chi connectivity index (χ1n) is 6.36. The number of hydrogen-bond donors (Lipinski definition) is 2. The van der Waals surface area contributed by atoms with Gasteiger partial charge in [-0.1, -0.05) is 0 Å². The average molecular weight is 240 g/mol. The number of carbonyl (C=O) groups excluding carboxylic acids is 2. The quantitative estimate of drug-likeness (QED) is 0.234. The zero-order valence-electron chi connectivity index (χ0n) is 10.1. The van der Waals surface area contributed by atoms with Crippen LogP contribution in [0.4, 0.5) is 0 Å². The van der Waals surface area contributed by atoms with Gasteiger partial charge in [0.15, 0.2) is 0 Å². The highest BCUT2D eigenvalue weighted by molar-refractivity contribution is 5.98. The molecule has 0 saturated heterocycles. The Bertz CT molecular complexity index is 299. The highest BCUT2D eigenvalue weighted by Gasteiger charge is 2.50. The smallest absolute Gasteiger partial charge is 0.318 e. The lowest BCUT2D eigenvalue weighted by molar-refractivity contribution is -0.155. The molecule has 1 atom stereocenters. The van der Waals surface area contributed by atoms with Gasteiger partial charge >= 0.3 is 5.97 Å². The summed E-state index contributed by atoms with van der Waals surface area (Å²) in [6.45, 7) is 2.05. The van der Waals surface area contributed by atoms with Gasteiger partial charge < -0.3 is 4.74 Å². The van der Waals surface area contributed by atoms with Crippen LogP contribution >= 0.6 is 0 Å². The van der Waals surface area contributed by atoms with Gasteiger partial charge in [-0.15, -0.1) is 0 Å². The third kappa shape index (κ3) is 2.77. The first-order chi connectivity index (χ1) is 8.19. The molecule has 3 N–H and O–H groups in total. The van der Waals surface area contributed by atoms with Crippen LogP contribution < -0.4 is 11.3 Å². The van der Waals surface area contributed by atoms with Gasteiger partial charge in [-0.2, -0.15) is 0 Å². The molecule has 0 heterocycles. The Morgan fingerprint density at radius 2 is 1.82 bits per heavy atom. The number of carbonyl (C=O) groups is 2. The van der Waals surface area contributed by atoms with E-state index in [9.17, 15) is 9.59 Å². The van der Waals surface area contributed by atoms with Gasteiger partial charge in [-0.25, -0.2) is 5.84 Å². The molecule has 0 radical (unpaired) electrons. The first-order valence-corrected chi connectivity index (χ1v) is 6.36. The minimum atomic E-state index is -0.708. The van der Waals surface area contributed by atoms with E-state index < -0.39 is 17.8 Å². The van der Waals surface area contributed by atoms with E-state index in [-0.39, 0.29) is 5.92 Å². The van der Waals surface area contributed by atoms with Crippen molar-refractivity contribution in [2.24, 2.45) is 29.5 Å². The van der Waals surface area contributed by atoms with Crippen molar-refractivity contribution >= 4 is 11.9 Å². The third-order valence-electron chi connectivity index (χ3n) is 3.68. The lowest BCUT2D eigenvalue weighted by Gasteiger charge is -2.23. The highest BCUT2D eigenvalue weighted by atomic mass is 16.5.